The maximum Gasteiger partial charge on any atom is 0.342 e. The summed E-state index contributed by atoms with van der Waals surface area (Å²) in [7, 11) is 0. The van der Waals surface area contributed by atoms with E-state index in [-0.39, 0.29) is 5.56 Å². The van der Waals surface area contributed by atoms with E-state index in [1.54, 1.807) is 0 Å². The van der Waals surface area contributed by atoms with Crippen molar-refractivity contribution in [2.75, 3.05) is 0 Å². The maximum atomic E-state index is 11.0. The molecule has 8 heteroatoms. The molecular formula is C13H14N4O4. The first-order valence-electron chi connectivity index (χ1n) is 6.44. The van der Waals surface area contributed by atoms with Crippen LogP contribution in [0.15, 0.2) is 18.2 Å². The van der Waals surface area contributed by atoms with Gasteiger partial charge in [0.15, 0.2) is 5.82 Å². The lowest BCUT2D eigenvalue weighted by molar-refractivity contribution is -0.385. The number of rotatable bonds is 5. The Hall–Kier alpha value is -2.77. The first-order valence-corrected chi connectivity index (χ1v) is 6.44. The van der Waals surface area contributed by atoms with Crippen LogP contribution in [0.1, 0.15) is 35.9 Å². The molecule has 1 N–H and O–H groups in total. The van der Waals surface area contributed by atoms with Crippen molar-refractivity contribution in [3.63, 3.8) is 0 Å². The summed E-state index contributed by atoms with van der Waals surface area (Å²) in [6.07, 6.45) is 1.26. The van der Waals surface area contributed by atoms with E-state index in [2.05, 4.69) is 10.1 Å². The second kappa shape index (κ2) is 5.70. The molecule has 2 aromatic rings. The zero-order chi connectivity index (χ0) is 15.6. The van der Waals surface area contributed by atoms with E-state index in [1.807, 2.05) is 13.8 Å². The first-order chi connectivity index (χ1) is 9.97. The average molecular weight is 290 g/mol. The number of hydrogen-bond acceptors (Lipinski definition) is 5. The second-order valence-corrected chi connectivity index (χ2v) is 4.33. The normalized spacial score (nSPS) is 10.6. The molecule has 0 atom stereocenters. The van der Waals surface area contributed by atoms with Gasteiger partial charge in [0.25, 0.3) is 5.69 Å². The zero-order valence-electron chi connectivity index (χ0n) is 11.6. The van der Waals surface area contributed by atoms with Crippen LogP contribution in [0.5, 0.6) is 0 Å². The Bertz CT molecular complexity index is 708. The Morgan fingerprint density at radius 1 is 1.38 bits per heavy atom. The standard InChI is InChI=1S/C13H14N4O4/c1-3-11-14-12(4-2)16(15-11)8-5-6-9(13(18)19)10(7-8)17(20)21/h5-7H,3-4H2,1-2H3,(H,18,19). The molecule has 0 aliphatic carbocycles. The molecule has 0 radical (unpaired) electrons. The largest absolute Gasteiger partial charge is 0.477 e. The van der Waals surface area contributed by atoms with Gasteiger partial charge in [-0.3, -0.25) is 10.1 Å². The van der Waals surface area contributed by atoms with Gasteiger partial charge in [0.05, 0.1) is 10.6 Å². The van der Waals surface area contributed by atoms with Crippen LogP contribution < -0.4 is 0 Å². The molecule has 21 heavy (non-hydrogen) atoms. The minimum atomic E-state index is -1.34. The Balaban J connectivity index is 2.60. The SMILES string of the molecule is CCc1nc(CC)n(-c2ccc(C(=O)O)c([N+](=O)[O-])c2)n1. The topological polar surface area (TPSA) is 111 Å². The van der Waals surface area contributed by atoms with E-state index in [4.69, 9.17) is 5.11 Å². The number of carbonyl (C=O) groups is 1. The number of carboxylic acid groups (broad SMARTS) is 1. The van der Waals surface area contributed by atoms with Crippen molar-refractivity contribution in [2.24, 2.45) is 0 Å². The Kier molecular flexibility index (Phi) is 3.97. The number of aromatic carboxylic acids is 1. The van der Waals surface area contributed by atoms with Gasteiger partial charge in [-0.2, -0.15) is 5.10 Å². The van der Waals surface area contributed by atoms with Crippen molar-refractivity contribution in [1.29, 1.82) is 0 Å². The van der Waals surface area contributed by atoms with Gasteiger partial charge in [-0.15, -0.1) is 0 Å². The molecule has 0 aliphatic rings. The van der Waals surface area contributed by atoms with E-state index in [0.29, 0.717) is 30.2 Å². The highest BCUT2D eigenvalue weighted by Gasteiger charge is 2.21. The third kappa shape index (κ3) is 2.73. The van der Waals surface area contributed by atoms with E-state index in [0.717, 1.165) is 0 Å². The van der Waals surface area contributed by atoms with Gasteiger partial charge in [-0.25, -0.2) is 14.5 Å². The molecular weight excluding hydrogens is 276 g/mol. The van der Waals surface area contributed by atoms with Crippen molar-refractivity contribution in [2.45, 2.75) is 26.7 Å². The van der Waals surface area contributed by atoms with Gasteiger partial charge in [0, 0.05) is 18.9 Å². The number of nitrogens with zero attached hydrogens (tertiary/aromatic N) is 4. The van der Waals surface area contributed by atoms with Crippen LogP contribution in [0, 0.1) is 10.1 Å². The summed E-state index contributed by atoms with van der Waals surface area (Å²) in [5.74, 6) is -0.0298. The van der Waals surface area contributed by atoms with Gasteiger partial charge >= 0.3 is 5.97 Å². The molecule has 0 unspecified atom stereocenters. The molecule has 0 saturated carbocycles. The molecule has 1 aromatic carbocycles. The second-order valence-electron chi connectivity index (χ2n) is 4.33. The van der Waals surface area contributed by atoms with Crippen molar-refractivity contribution in [3.8, 4) is 5.69 Å². The highest BCUT2D eigenvalue weighted by molar-refractivity contribution is 5.92. The number of aromatic nitrogens is 3. The van der Waals surface area contributed by atoms with Gasteiger partial charge < -0.3 is 5.11 Å². The minimum Gasteiger partial charge on any atom is -0.477 e. The van der Waals surface area contributed by atoms with Crippen LogP contribution in [0.3, 0.4) is 0 Å². The third-order valence-electron chi connectivity index (χ3n) is 3.00. The van der Waals surface area contributed by atoms with Gasteiger partial charge in [0.1, 0.15) is 11.4 Å². The lowest BCUT2D eigenvalue weighted by Gasteiger charge is -2.05. The Morgan fingerprint density at radius 3 is 2.62 bits per heavy atom. The van der Waals surface area contributed by atoms with Crippen LogP contribution in [-0.4, -0.2) is 30.8 Å². The van der Waals surface area contributed by atoms with Crippen LogP contribution in [0.4, 0.5) is 5.69 Å². The van der Waals surface area contributed by atoms with Crippen molar-refractivity contribution < 1.29 is 14.8 Å². The van der Waals surface area contributed by atoms with E-state index in [1.165, 1.54) is 22.9 Å². The first kappa shape index (κ1) is 14.6. The Labute approximate surface area is 120 Å². The van der Waals surface area contributed by atoms with Gasteiger partial charge in [0.2, 0.25) is 0 Å². The van der Waals surface area contributed by atoms with Crippen molar-refractivity contribution in [1.82, 2.24) is 14.8 Å². The molecule has 110 valence electrons. The molecule has 1 aromatic heterocycles. The third-order valence-corrected chi connectivity index (χ3v) is 3.00. The number of hydrogen-bond donors (Lipinski definition) is 1. The van der Waals surface area contributed by atoms with Crippen molar-refractivity contribution in [3.05, 3.63) is 45.5 Å². The molecule has 0 bridgehead atoms. The molecule has 0 amide bonds. The highest BCUT2D eigenvalue weighted by atomic mass is 16.6. The van der Waals surface area contributed by atoms with Gasteiger partial charge in [-0.05, 0) is 12.1 Å². The average Bonchev–Trinajstić information content (AvgIpc) is 2.89. The summed E-state index contributed by atoms with van der Waals surface area (Å²) in [5.41, 5.74) is -0.385. The molecule has 8 nitrogen and oxygen atoms in total. The number of nitro benzene ring substituents is 1. The summed E-state index contributed by atoms with van der Waals surface area (Å²) in [6.45, 7) is 3.81. The Morgan fingerprint density at radius 2 is 2.10 bits per heavy atom. The van der Waals surface area contributed by atoms with E-state index < -0.39 is 16.6 Å². The van der Waals surface area contributed by atoms with E-state index in [9.17, 15) is 14.9 Å². The molecule has 0 fully saturated rings. The van der Waals surface area contributed by atoms with Crippen LogP contribution in [0.2, 0.25) is 0 Å². The lowest BCUT2D eigenvalue weighted by Crippen LogP contribution is -2.07. The summed E-state index contributed by atoms with van der Waals surface area (Å²) in [5, 5.41) is 24.3. The molecule has 0 aliphatic heterocycles. The zero-order valence-corrected chi connectivity index (χ0v) is 11.6. The quantitative estimate of drug-likeness (QED) is 0.666. The smallest absolute Gasteiger partial charge is 0.342 e. The number of aryl methyl sites for hydroxylation is 2. The monoisotopic (exact) mass is 290 g/mol. The molecule has 2 rings (SSSR count). The maximum absolute atomic E-state index is 11.0. The molecule has 0 spiro atoms. The summed E-state index contributed by atoms with van der Waals surface area (Å²) >= 11 is 0. The highest BCUT2D eigenvalue weighted by Crippen LogP contribution is 2.23. The summed E-state index contributed by atoms with van der Waals surface area (Å²) < 4.78 is 1.51. The lowest BCUT2D eigenvalue weighted by atomic mass is 10.1. The summed E-state index contributed by atoms with van der Waals surface area (Å²) in [6, 6.07) is 3.91. The van der Waals surface area contributed by atoms with Crippen LogP contribution in [-0.2, 0) is 12.8 Å². The predicted molar refractivity (Wildman–Crippen MR) is 73.7 cm³/mol. The number of carboxylic acids is 1. The fourth-order valence-corrected chi connectivity index (χ4v) is 1.96. The van der Waals surface area contributed by atoms with Crippen molar-refractivity contribution >= 4 is 11.7 Å². The van der Waals surface area contributed by atoms with Gasteiger partial charge in [-0.1, -0.05) is 13.8 Å². The van der Waals surface area contributed by atoms with E-state index >= 15 is 0 Å². The number of nitro groups is 1. The number of benzene rings is 1. The van der Waals surface area contributed by atoms with Crippen LogP contribution in [0.25, 0.3) is 5.69 Å². The molecule has 1 heterocycles. The fourth-order valence-electron chi connectivity index (χ4n) is 1.96. The minimum absolute atomic E-state index is 0.349. The molecule has 0 saturated heterocycles. The van der Waals surface area contributed by atoms with Crippen LogP contribution >= 0.6 is 0 Å². The predicted octanol–water partition coefficient (Wildman–Crippen LogP) is 2.00. The summed E-state index contributed by atoms with van der Waals surface area (Å²) in [4.78, 5) is 25.6. The fraction of sp³-hybridized carbons (Fsp3) is 0.308.